The van der Waals surface area contributed by atoms with Gasteiger partial charge in [-0.2, -0.15) is 0 Å². The molecule has 15 heteroatoms. The van der Waals surface area contributed by atoms with Gasteiger partial charge < -0.3 is 47.4 Å². The van der Waals surface area contributed by atoms with Crippen LogP contribution in [-0.2, 0) is 57.1 Å². The summed E-state index contributed by atoms with van der Waals surface area (Å²) < 4.78 is 55.0. The topological polar surface area (TPSA) is 178 Å². The Morgan fingerprint density at radius 1 is 0.458 bits per heavy atom. The molecule has 2 aromatic carbocycles. The number of ether oxygens (including phenoxy) is 10. The molecule has 0 aliphatic heterocycles. The number of hydrogen-bond donors (Lipinski definition) is 0. The van der Waals surface area contributed by atoms with Crippen molar-refractivity contribution >= 4 is 29.8 Å². The van der Waals surface area contributed by atoms with Crippen LogP contribution in [0.15, 0.2) is 91.1 Å². The third-order valence-electron chi connectivity index (χ3n) is 7.66. The molecule has 0 aromatic heterocycles. The van der Waals surface area contributed by atoms with E-state index in [1.54, 1.807) is 50.2 Å². The van der Waals surface area contributed by atoms with E-state index in [0.29, 0.717) is 54.1 Å². The molecule has 0 saturated carbocycles. The minimum Gasteiger partial charge on any atom is -0.491 e. The Balaban J connectivity index is 1.71. The summed E-state index contributed by atoms with van der Waals surface area (Å²) in [5, 5.41) is 0. The molecule has 15 nitrogen and oxygen atoms in total. The lowest BCUT2D eigenvalue weighted by molar-refractivity contribution is -0.161. The van der Waals surface area contributed by atoms with Gasteiger partial charge in [-0.25, -0.2) is 14.4 Å². The quantitative estimate of drug-likeness (QED) is 0.0359. The number of esters is 5. The van der Waals surface area contributed by atoms with E-state index in [9.17, 15) is 24.0 Å². The third-order valence-corrected chi connectivity index (χ3v) is 7.66. The number of hydrogen-bond acceptors (Lipinski definition) is 15. The Hall–Kier alpha value is -5.67. The summed E-state index contributed by atoms with van der Waals surface area (Å²) >= 11 is 0. The van der Waals surface area contributed by atoms with Crippen molar-refractivity contribution in [2.45, 2.75) is 71.5 Å². The molecule has 0 saturated heterocycles. The van der Waals surface area contributed by atoms with Gasteiger partial charge in [0.05, 0.1) is 39.6 Å². The minimum absolute atomic E-state index is 0.0384. The van der Waals surface area contributed by atoms with Crippen LogP contribution in [0.4, 0.5) is 0 Å². The predicted octanol–water partition coefficient (Wildman–Crippen LogP) is 6.08. The molecular weight excluding hydrogens is 768 g/mol. The molecule has 2 aromatic rings. The van der Waals surface area contributed by atoms with Crippen molar-refractivity contribution < 1.29 is 71.3 Å². The molecule has 0 N–H and O–H groups in total. The first-order valence-electron chi connectivity index (χ1n) is 19.4. The summed E-state index contributed by atoms with van der Waals surface area (Å²) in [6.45, 7) is 16.3. The number of para-hydroxylation sites is 1. The summed E-state index contributed by atoms with van der Waals surface area (Å²) in [5.41, 5.74) is 0.825. The van der Waals surface area contributed by atoms with Crippen LogP contribution in [0.25, 0.3) is 0 Å². The fraction of sp³-hybridized carbons (Fsp3) is 0.477. The van der Waals surface area contributed by atoms with Crippen LogP contribution in [0.2, 0.25) is 0 Å². The molecule has 2 unspecified atom stereocenters. The van der Waals surface area contributed by atoms with Crippen molar-refractivity contribution in [2.75, 3.05) is 66.1 Å². The largest absolute Gasteiger partial charge is 0.491 e. The van der Waals surface area contributed by atoms with Gasteiger partial charge in [-0.05, 0) is 82.9 Å². The monoisotopic (exact) mass is 826 g/mol. The Bertz CT molecular complexity index is 1620. The molecule has 2 rings (SSSR count). The molecule has 0 amide bonds. The van der Waals surface area contributed by atoms with Crippen molar-refractivity contribution in [3.8, 4) is 17.2 Å². The highest BCUT2D eigenvalue weighted by atomic mass is 16.6. The maximum Gasteiger partial charge on any atom is 0.333 e. The lowest BCUT2D eigenvalue weighted by Gasteiger charge is -2.19. The summed E-state index contributed by atoms with van der Waals surface area (Å²) in [5.74, 6) is -0.698. The van der Waals surface area contributed by atoms with Gasteiger partial charge in [-0.15, -0.1) is 0 Å². The molecule has 59 heavy (non-hydrogen) atoms. The van der Waals surface area contributed by atoms with E-state index in [1.165, 1.54) is 6.92 Å². The van der Waals surface area contributed by atoms with Gasteiger partial charge in [0.1, 0.15) is 43.7 Å². The van der Waals surface area contributed by atoms with Crippen molar-refractivity contribution in [1.82, 2.24) is 0 Å². The lowest BCUT2D eigenvalue weighted by Crippen LogP contribution is -2.30. The molecular formula is C44H58O15. The molecule has 0 bridgehead atoms. The molecule has 0 fully saturated rings. The number of carbonyl (C=O) groups is 5. The summed E-state index contributed by atoms with van der Waals surface area (Å²) in [7, 11) is 0. The average Bonchev–Trinajstić information content (AvgIpc) is 3.21. The fourth-order valence-corrected chi connectivity index (χ4v) is 4.54. The zero-order valence-electron chi connectivity index (χ0n) is 34.4. The number of unbranched alkanes of at least 4 members (excludes halogenated alkanes) is 2. The zero-order chi connectivity index (χ0) is 43.3. The van der Waals surface area contributed by atoms with E-state index in [-0.39, 0.29) is 84.5 Å². The highest BCUT2D eigenvalue weighted by Gasteiger charge is 2.19. The highest BCUT2D eigenvalue weighted by molar-refractivity contribution is 5.87. The number of benzene rings is 2. The molecule has 0 aliphatic rings. The van der Waals surface area contributed by atoms with Crippen LogP contribution in [0.3, 0.4) is 0 Å². The minimum atomic E-state index is -0.848. The zero-order valence-corrected chi connectivity index (χ0v) is 34.4. The first-order chi connectivity index (χ1) is 28.3. The maximum absolute atomic E-state index is 12.5. The molecule has 0 aliphatic carbocycles. The van der Waals surface area contributed by atoms with Crippen LogP contribution >= 0.6 is 0 Å². The summed E-state index contributed by atoms with van der Waals surface area (Å²) in [6, 6.07) is 16.1. The first-order valence-corrected chi connectivity index (χ1v) is 19.4. The third kappa shape index (κ3) is 24.0. The predicted molar refractivity (Wildman–Crippen MR) is 216 cm³/mol. The fourth-order valence-electron chi connectivity index (χ4n) is 4.54. The van der Waals surface area contributed by atoms with Gasteiger partial charge in [-0.1, -0.05) is 37.9 Å². The smallest absolute Gasteiger partial charge is 0.333 e. The van der Waals surface area contributed by atoms with Gasteiger partial charge in [0.25, 0.3) is 0 Å². The van der Waals surface area contributed by atoms with Gasteiger partial charge in [-0.3, -0.25) is 9.59 Å². The Labute approximate surface area is 346 Å². The van der Waals surface area contributed by atoms with E-state index in [4.69, 9.17) is 47.4 Å². The standard InChI is InChI=1S/C44H58O15/c1-32(2)42(47)54-22-12-10-16-40(45)58-38(30-56-35-14-8-7-9-15-35)28-50-24-26-52-36-18-20-37(21-19-36)53-27-25-51-29-39(31-57-44(49)34(5)6)59-41(46)17-11-13-23-55-43(48)33(3)4/h7-9,14-15,18-21,38-39H,1,3,5,10-13,16-17,22-31H2,2,4,6H3. The molecule has 324 valence electrons. The van der Waals surface area contributed by atoms with E-state index in [2.05, 4.69) is 19.7 Å². The van der Waals surface area contributed by atoms with E-state index in [0.717, 1.165) is 0 Å². The molecule has 2 atom stereocenters. The highest BCUT2D eigenvalue weighted by Crippen LogP contribution is 2.18. The van der Waals surface area contributed by atoms with Gasteiger partial charge in [0.15, 0.2) is 12.2 Å². The molecule has 0 radical (unpaired) electrons. The van der Waals surface area contributed by atoms with Gasteiger partial charge in [0.2, 0.25) is 0 Å². The van der Waals surface area contributed by atoms with E-state index >= 15 is 0 Å². The first kappa shape index (κ1) is 49.5. The maximum atomic E-state index is 12.5. The molecule has 0 spiro atoms. The second-order valence-electron chi connectivity index (χ2n) is 13.3. The van der Waals surface area contributed by atoms with Crippen LogP contribution in [0, 0.1) is 0 Å². The molecule has 0 heterocycles. The Morgan fingerprint density at radius 3 is 1.31 bits per heavy atom. The summed E-state index contributed by atoms with van der Waals surface area (Å²) in [6.07, 6.45) is 0.608. The van der Waals surface area contributed by atoms with Crippen molar-refractivity contribution in [3.63, 3.8) is 0 Å². The van der Waals surface area contributed by atoms with Gasteiger partial charge >= 0.3 is 29.8 Å². The van der Waals surface area contributed by atoms with Crippen molar-refractivity contribution in [2.24, 2.45) is 0 Å². The average molecular weight is 827 g/mol. The Morgan fingerprint density at radius 2 is 0.864 bits per heavy atom. The van der Waals surface area contributed by atoms with Crippen LogP contribution in [0.1, 0.15) is 59.3 Å². The normalized spacial score (nSPS) is 11.6. The Kier molecular flexibility index (Phi) is 24.8. The second kappa shape index (κ2) is 29.5. The van der Waals surface area contributed by atoms with Gasteiger partial charge in [0, 0.05) is 29.6 Å². The van der Waals surface area contributed by atoms with Crippen LogP contribution in [0.5, 0.6) is 17.2 Å². The van der Waals surface area contributed by atoms with Crippen LogP contribution < -0.4 is 14.2 Å². The van der Waals surface area contributed by atoms with Crippen molar-refractivity contribution in [3.05, 3.63) is 91.1 Å². The SMILES string of the molecule is C=C(C)C(=O)OCCCCC(=O)OC(COCCOc1ccc(OCCOCC(COc2ccccc2)OC(=O)CCCCOC(=O)C(=C)C)cc1)COC(=O)C(=C)C. The van der Waals surface area contributed by atoms with Crippen molar-refractivity contribution in [1.29, 1.82) is 0 Å². The van der Waals surface area contributed by atoms with E-state index in [1.807, 2.05) is 18.2 Å². The van der Waals surface area contributed by atoms with Crippen LogP contribution in [-0.4, -0.2) is 108 Å². The number of carbonyl (C=O) groups excluding carboxylic acids is 5. The van der Waals surface area contributed by atoms with E-state index < -0.39 is 42.1 Å². The number of rotatable bonds is 32. The lowest BCUT2D eigenvalue weighted by atomic mass is 10.2. The summed E-state index contributed by atoms with van der Waals surface area (Å²) in [4.78, 5) is 59.8. The second-order valence-corrected chi connectivity index (χ2v) is 13.3.